The summed E-state index contributed by atoms with van der Waals surface area (Å²) >= 11 is 0. The first kappa shape index (κ1) is 10.6. The number of carbonyl (C=O) groups is 1. The molecule has 0 atom stereocenters. The van der Waals surface area contributed by atoms with E-state index in [1.165, 1.54) is 6.26 Å². The number of rotatable bonds is 2. The molecule has 1 aromatic heterocycles. The van der Waals surface area contributed by atoms with Crippen LogP contribution in [0.25, 0.3) is 0 Å². The minimum Gasteiger partial charge on any atom is -0.432 e. The molecule has 0 aliphatic carbocycles. The summed E-state index contributed by atoms with van der Waals surface area (Å²) in [4.78, 5) is 17.2. The second-order valence-electron chi connectivity index (χ2n) is 3.99. The number of oxazole rings is 1. The molecule has 3 rings (SSSR count). The smallest absolute Gasteiger partial charge is 0.301 e. The average Bonchev–Trinajstić information content (AvgIpc) is 2.91. The van der Waals surface area contributed by atoms with Crippen LogP contribution in [0, 0.1) is 0 Å². The van der Waals surface area contributed by atoms with E-state index in [1.807, 2.05) is 11.0 Å². The summed E-state index contributed by atoms with van der Waals surface area (Å²) in [6, 6.07) is 5.83. The second-order valence-corrected chi connectivity index (χ2v) is 3.99. The fourth-order valence-corrected chi connectivity index (χ4v) is 2.04. The highest BCUT2D eigenvalue weighted by Gasteiger charge is 2.21. The van der Waals surface area contributed by atoms with Crippen molar-refractivity contribution in [2.75, 3.05) is 23.3 Å². The highest BCUT2D eigenvalue weighted by Crippen LogP contribution is 2.34. The molecule has 0 fully saturated rings. The average molecular weight is 244 g/mol. The molecular formula is C12H12N4O2. The molecule has 0 spiro atoms. The molecule has 0 bridgehead atoms. The Balaban J connectivity index is 2.04. The summed E-state index contributed by atoms with van der Waals surface area (Å²) in [5.74, 6) is -0.437. The van der Waals surface area contributed by atoms with Gasteiger partial charge in [0.25, 0.3) is 0 Å². The van der Waals surface area contributed by atoms with Crippen LogP contribution in [0.15, 0.2) is 35.1 Å². The second kappa shape index (κ2) is 4.06. The molecule has 1 amide bonds. The van der Waals surface area contributed by atoms with E-state index in [9.17, 15) is 4.79 Å². The van der Waals surface area contributed by atoms with E-state index in [-0.39, 0.29) is 0 Å². The van der Waals surface area contributed by atoms with E-state index >= 15 is 0 Å². The van der Waals surface area contributed by atoms with E-state index < -0.39 is 5.91 Å². The lowest BCUT2D eigenvalue weighted by Gasteiger charge is -2.29. The summed E-state index contributed by atoms with van der Waals surface area (Å²) in [5.41, 5.74) is 7.53. The maximum absolute atomic E-state index is 11.1. The number of hydrogen-bond acceptors (Lipinski definition) is 5. The third-order valence-electron chi connectivity index (χ3n) is 2.87. The van der Waals surface area contributed by atoms with Gasteiger partial charge in [-0.3, -0.25) is 9.69 Å². The molecule has 1 aromatic carbocycles. The third kappa shape index (κ3) is 1.67. The maximum atomic E-state index is 11.1. The molecular weight excluding hydrogens is 232 g/mol. The Kier molecular flexibility index (Phi) is 2.40. The number of carbonyl (C=O) groups excluding carboxylic acids is 1. The van der Waals surface area contributed by atoms with Gasteiger partial charge >= 0.3 is 6.01 Å². The van der Waals surface area contributed by atoms with Crippen LogP contribution in [0.3, 0.4) is 0 Å². The van der Waals surface area contributed by atoms with E-state index in [0.29, 0.717) is 11.6 Å². The van der Waals surface area contributed by atoms with E-state index in [2.05, 4.69) is 10.3 Å². The molecule has 1 aliphatic heterocycles. The molecule has 0 saturated carbocycles. The molecule has 6 heteroatoms. The Morgan fingerprint density at radius 2 is 2.39 bits per heavy atom. The zero-order chi connectivity index (χ0) is 12.5. The number of anilines is 3. The number of amides is 1. The number of aromatic nitrogens is 1. The van der Waals surface area contributed by atoms with Gasteiger partial charge in [-0.1, -0.05) is 0 Å². The van der Waals surface area contributed by atoms with Gasteiger partial charge in [0.15, 0.2) is 0 Å². The number of benzene rings is 1. The minimum atomic E-state index is -0.437. The van der Waals surface area contributed by atoms with Crippen molar-refractivity contribution in [1.82, 2.24) is 4.98 Å². The van der Waals surface area contributed by atoms with Gasteiger partial charge in [-0.2, -0.15) is 0 Å². The molecule has 92 valence electrons. The molecule has 2 aromatic rings. The lowest BCUT2D eigenvalue weighted by atomic mass is 10.1. The number of nitrogens with zero attached hydrogens (tertiary/aromatic N) is 2. The van der Waals surface area contributed by atoms with Crippen LogP contribution >= 0.6 is 0 Å². The van der Waals surface area contributed by atoms with Crippen LogP contribution in [-0.4, -0.2) is 24.0 Å². The van der Waals surface area contributed by atoms with E-state index in [4.69, 9.17) is 10.2 Å². The molecule has 1 aliphatic rings. The van der Waals surface area contributed by atoms with E-state index in [0.717, 1.165) is 24.5 Å². The summed E-state index contributed by atoms with van der Waals surface area (Å²) in [6.07, 6.45) is 3.14. The number of fused-ring (bicyclic) bond motifs is 1. The van der Waals surface area contributed by atoms with Crippen LogP contribution < -0.4 is 16.0 Å². The highest BCUT2D eigenvalue weighted by molar-refractivity contribution is 5.95. The standard InChI is InChI=1S/C12H12N4O2/c13-11(17)8-1-2-10-9(7-8)14-3-5-16(10)12-15-4-6-18-12/h1-2,4,6-7,14H,3,5H2,(H2,13,17). The quantitative estimate of drug-likeness (QED) is 0.832. The fourth-order valence-electron chi connectivity index (χ4n) is 2.04. The SMILES string of the molecule is NC(=O)c1ccc2c(c1)NCCN2c1ncco1. The lowest BCUT2D eigenvalue weighted by Crippen LogP contribution is -2.30. The van der Waals surface area contributed by atoms with Crippen LogP contribution in [0.5, 0.6) is 0 Å². The van der Waals surface area contributed by atoms with Crippen molar-refractivity contribution in [2.45, 2.75) is 0 Å². The molecule has 6 nitrogen and oxygen atoms in total. The van der Waals surface area contributed by atoms with Gasteiger partial charge in [0.2, 0.25) is 5.91 Å². The van der Waals surface area contributed by atoms with Gasteiger partial charge in [0.1, 0.15) is 6.26 Å². The maximum Gasteiger partial charge on any atom is 0.301 e. The van der Waals surface area contributed by atoms with Crippen molar-refractivity contribution < 1.29 is 9.21 Å². The van der Waals surface area contributed by atoms with Crippen molar-refractivity contribution in [2.24, 2.45) is 5.73 Å². The Morgan fingerprint density at radius 3 is 3.11 bits per heavy atom. The topological polar surface area (TPSA) is 84.4 Å². The van der Waals surface area contributed by atoms with Crippen LogP contribution in [0.2, 0.25) is 0 Å². The first-order chi connectivity index (χ1) is 8.75. The number of hydrogen-bond donors (Lipinski definition) is 2. The largest absolute Gasteiger partial charge is 0.432 e. The van der Waals surface area contributed by atoms with Gasteiger partial charge in [-0.05, 0) is 18.2 Å². The Bertz CT molecular complexity index is 580. The fraction of sp³-hybridized carbons (Fsp3) is 0.167. The molecule has 0 saturated heterocycles. The zero-order valence-corrected chi connectivity index (χ0v) is 9.59. The number of nitrogens with two attached hydrogens (primary N) is 1. The monoisotopic (exact) mass is 244 g/mol. The third-order valence-corrected chi connectivity index (χ3v) is 2.87. The van der Waals surface area contributed by atoms with E-state index in [1.54, 1.807) is 18.3 Å². The number of nitrogens with one attached hydrogen (secondary N) is 1. The molecule has 2 heterocycles. The molecule has 0 unspecified atom stereocenters. The van der Waals surface area contributed by atoms with Crippen molar-refractivity contribution in [3.8, 4) is 0 Å². The summed E-state index contributed by atoms with van der Waals surface area (Å²) in [5, 5.41) is 3.23. The molecule has 3 N–H and O–H groups in total. The van der Waals surface area contributed by atoms with Gasteiger partial charge < -0.3 is 15.5 Å². The molecule has 0 radical (unpaired) electrons. The number of primary amides is 1. The summed E-state index contributed by atoms with van der Waals surface area (Å²) in [6.45, 7) is 1.50. The first-order valence-electron chi connectivity index (χ1n) is 5.60. The first-order valence-corrected chi connectivity index (χ1v) is 5.60. The highest BCUT2D eigenvalue weighted by atomic mass is 16.4. The van der Waals surface area contributed by atoms with Crippen LogP contribution in [0.1, 0.15) is 10.4 Å². The Hall–Kier alpha value is -2.50. The Morgan fingerprint density at radius 1 is 1.50 bits per heavy atom. The van der Waals surface area contributed by atoms with Crippen molar-refractivity contribution >= 4 is 23.3 Å². The predicted octanol–water partition coefficient (Wildman–Crippen LogP) is 1.34. The van der Waals surface area contributed by atoms with Crippen molar-refractivity contribution in [1.29, 1.82) is 0 Å². The van der Waals surface area contributed by atoms with Crippen LogP contribution in [-0.2, 0) is 0 Å². The summed E-state index contributed by atoms with van der Waals surface area (Å²) in [7, 11) is 0. The predicted molar refractivity (Wildman–Crippen MR) is 67.0 cm³/mol. The minimum absolute atomic E-state index is 0.437. The summed E-state index contributed by atoms with van der Waals surface area (Å²) < 4.78 is 5.30. The van der Waals surface area contributed by atoms with Gasteiger partial charge in [0, 0.05) is 18.7 Å². The lowest BCUT2D eigenvalue weighted by molar-refractivity contribution is 0.100. The molecule has 18 heavy (non-hydrogen) atoms. The van der Waals surface area contributed by atoms with Gasteiger partial charge in [-0.25, -0.2) is 4.98 Å². The van der Waals surface area contributed by atoms with Crippen LogP contribution in [0.4, 0.5) is 17.4 Å². The van der Waals surface area contributed by atoms with Crippen molar-refractivity contribution in [3.05, 3.63) is 36.2 Å². The normalized spacial score (nSPS) is 13.9. The zero-order valence-electron chi connectivity index (χ0n) is 9.59. The van der Waals surface area contributed by atoms with Crippen molar-refractivity contribution in [3.63, 3.8) is 0 Å². The Labute approximate surface area is 103 Å². The van der Waals surface area contributed by atoms with Gasteiger partial charge in [0.05, 0.1) is 17.6 Å². The van der Waals surface area contributed by atoms with Gasteiger partial charge in [-0.15, -0.1) is 0 Å².